The quantitative estimate of drug-likeness (QED) is 0.0757. The van der Waals surface area contributed by atoms with Crippen LogP contribution in [0.2, 0.25) is 0 Å². The maximum absolute atomic E-state index is 11.8. The summed E-state index contributed by atoms with van der Waals surface area (Å²) in [6.07, 6.45) is 10.3. The molecular weight excluding hydrogens is 823 g/mol. The molecule has 1 amide bonds. The first-order chi connectivity index (χ1) is 29.3. The number of aryl methyl sites for hydroxylation is 2. The Labute approximate surface area is 351 Å². The molecule has 0 radical (unpaired) electrons. The number of amides is 1. The first kappa shape index (κ1) is 42.2. The van der Waals surface area contributed by atoms with E-state index < -0.39 is 30.6 Å². The number of aromatic nitrogens is 6. The highest BCUT2D eigenvalue weighted by Crippen LogP contribution is 2.36. The molecule has 0 spiro atoms. The van der Waals surface area contributed by atoms with Crippen LogP contribution in [0.3, 0.4) is 0 Å². The lowest BCUT2D eigenvalue weighted by molar-refractivity contribution is -0.765. The fourth-order valence-corrected chi connectivity index (χ4v) is 7.48. The lowest BCUT2D eigenvalue weighted by Crippen LogP contribution is -2.40. The summed E-state index contributed by atoms with van der Waals surface area (Å²) >= 11 is 0. The molecule has 0 fully saturated rings. The summed E-state index contributed by atoms with van der Waals surface area (Å²) in [5.41, 5.74) is 4.31. The van der Waals surface area contributed by atoms with Crippen LogP contribution in [0.4, 0.5) is 4.79 Å². The van der Waals surface area contributed by atoms with Gasteiger partial charge in [0.05, 0.1) is 16.3 Å². The lowest BCUT2D eigenvalue weighted by atomic mass is 10.1. The van der Waals surface area contributed by atoms with Crippen LogP contribution >= 0.6 is 0 Å². The molecule has 0 atom stereocenters. The number of benzene rings is 4. The number of nitrogens with two attached hydrogens (primary N) is 2. The molecule has 1 aliphatic heterocycles. The molecule has 4 aromatic carbocycles. The zero-order valence-electron chi connectivity index (χ0n) is 32.4. The second-order valence-electron chi connectivity index (χ2n) is 13.8. The van der Waals surface area contributed by atoms with E-state index in [-0.39, 0.29) is 22.2 Å². The van der Waals surface area contributed by atoms with Crippen molar-refractivity contribution in [3.05, 3.63) is 152 Å². The number of oxazole rings is 2. The number of primary sulfonamides is 2. The maximum atomic E-state index is 11.8. The number of rotatable bonds is 14. The fourth-order valence-electron chi connectivity index (χ4n) is 6.45. The molecule has 0 saturated carbocycles. The summed E-state index contributed by atoms with van der Waals surface area (Å²) in [6.45, 7) is 0.708. The van der Waals surface area contributed by atoms with Gasteiger partial charge in [-0.25, -0.2) is 37.1 Å². The number of carbonyl (C=O) groups is 1. The third kappa shape index (κ3) is 10.3. The molecule has 4 heterocycles. The van der Waals surface area contributed by atoms with Crippen molar-refractivity contribution in [2.75, 3.05) is 0 Å². The van der Waals surface area contributed by atoms with E-state index >= 15 is 0 Å². The van der Waals surface area contributed by atoms with Crippen molar-refractivity contribution in [3.63, 3.8) is 0 Å². The number of nitrogens with zero attached hydrogens (tertiary/aromatic N) is 7. The average molecular weight is 863 g/mol. The van der Waals surface area contributed by atoms with Crippen molar-refractivity contribution >= 4 is 26.1 Å². The molecule has 312 valence electrons. The van der Waals surface area contributed by atoms with E-state index in [1.54, 1.807) is 41.2 Å². The van der Waals surface area contributed by atoms with Gasteiger partial charge in [0.15, 0.2) is 30.3 Å². The van der Waals surface area contributed by atoms with Crippen LogP contribution < -0.4 is 10.3 Å². The first-order valence-electron chi connectivity index (χ1n) is 18.8. The summed E-state index contributed by atoms with van der Waals surface area (Å²) < 4.78 is 57.8. The van der Waals surface area contributed by atoms with Crippen molar-refractivity contribution in [2.24, 2.45) is 10.3 Å². The molecular formula is C42H40N9O8S2+. The number of hydrogen-bond donors (Lipinski definition) is 3. The van der Waals surface area contributed by atoms with Crippen LogP contribution in [0, 0.1) is 0 Å². The summed E-state index contributed by atoms with van der Waals surface area (Å²) in [5.74, 6) is 1.89. The number of hydrogen-bond acceptors (Lipinski definition) is 12. The van der Waals surface area contributed by atoms with Gasteiger partial charge < -0.3 is 13.9 Å². The van der Waals surface area contributed by atoms with E-state index in [1.165, 1.54) is 43.0 Å². The monoisotopic (exact) mass is 862 g/mol. The molecule has 17 nitrogen and oxygen atoms in total. The van der Waals surface area contributed by atoms with Gasteiger partial charge in [-0.2, -0.15) is 14.1 Å². The predicted molar refractivity (Wildman–Crippen MR) is 223 cm³/mol. The maximum Gasteiger partial charge on any atom is 0.523 e. The standard InChI is InChI=1S/C21H22N6O3S.C21H17N3O5S/c22-31(28,29)18-12-10-17(11-13-18)21-20(16-7-3-1-4-8-16)25-19(30-21)9-5-2-6-14-27-24-15-23-26-27;22-30(27,28)17-10-8-16(9-11-17)20-19(15-6-2-1-3-7-15)23-18(29-20)14-24(21(25)26)12-4-5-13-24/h1,3-4,7-8,10-13,15H,2,5-6,9,14H2,(H2,22,28,29);1-13H,14H2,(H2-,22,25,26,27,28)/p+1. The van der Waals surface area contributed by atoms with Crippen LogP contribution in [-0.4, -0.2) is 62.7 Å². The zero-order chi connectivity index (χ0) is 43.0. The lowest BCUT2D eigenvalue weighted by Gasteiger charge is -2.19. The van der Waals surface area contributed by atoms with Crippen LogP contribution in [0.5, 0.6) is 0 Å². The second-order valence-corrected chi connectivity index (χ2v) is 17.0. The largest absolute Gasteiger partial charge is 0.523 e. The molecule has 5 N–H and O–H groups in total. The van der Waals surface area contributed by atoms with Crippen molar-refractivity contribution in [3.8, 4) is 45.2 Å². The first-order valence-corrected chi connectivity index (χ1v) is 21.9. The molecule has 3 aromatic heterocycles. The molecule has 0 bridgehead atoms. The van der Waals surface area contributed by atoms with Gasteiger partial charge in [-0.1, -0.05) is 67.1 Å². The van der Waals surface area contributed by atoms with Gasteiger partial charge in [0.25, 0.3) is 5.89 Å². The van der Waals surface area contributed by atoms with Gasteiger partial charge in [0.1, 0.15) is 23.8 Å². The Hall–Kier alpha value is -6.90. The third-order valence-corrected chi connectivity index (χ3v) is 11.4. The normalized spacial score (nSPS) is 13.2. The number of quaternary nitrogens is 1. The molecule has 0 saturated heterocycles. The van der Waals surface area contributed by atoms with Gasteiger partial charge in [-0.3, -0.25) is 0 Å². The summed E-state index contributed by atoms with van der Waals surface area (Å²) in [7, 11) is -7.57. The van der Waals surface area contributed by atoms with Crippen molar-refractivity contribution in [1.82, 2.24) is 30.2 Å². The van der Waals surface area contributed by atoms with Crippen LogP contribution in [-0.2, 0) is 39.6 Å². The van der Waals surface area contributed by atoms with E-state index in [2.05, 4.69) is 20.4 Å². The zero-order valence-corrected chi connectivity index (χ0v) is 34.1. The summed E-state index contributed by atoms with van der Waals surface area (Å²) in [5, 5.41) is 31.6. The highest BCUT2D eigenvalue weighted by Gasteiger charge is 2.37. The van der Waals surface area contributed by atoms with Gasteiger partial charge in [0, 0.05) is 28.7 Å². The Kier molecular flexibility index (Phi) is 12.6. The molecule has 0 aliphatic carbocycles. The molecule has 0 unspecified atom stereocenters. The minimum absolute atomic E-state index is 0.0164. The molecule has 7 aromatic rings. The van der Waals surface area contributed by atoms with E-state index in [4.69, 9.17) is 24.1 Å². The highest BCUT2D eigenvalue weighted by molar-refractivity contribution is 7.89. The highest BCUT2D eigenvalue weighted by atomic mass is 32.2. The predicted octanol–water partition coefficient (Wildman–Crippen LogP) is 6.75. The Morgan fingerprint density at radius 2 is 1.13 bits per heavy atom. The van der Waals surface area contributed by atoms with Crippen LogP contribution in [0.1, 0.15) is 31.0 Å². The smallest absolute Gasteiger partial charge is 0.440 e. The Bertz CT molecular complexity index is 2870. The molecule has 19 heteroatoms. The topological polar surface area (TPSA) is 253 Å². The van der Waals surface area contributed by atoms with Crippen molar-refractivity contribution < 1.29 is 40.1 Å². The minimum Gasteiger partial charge on any atom is -0.440 e. The van der Waals surface area contributed by atoms with E-state index in [9.17, 15) is 26.7 Å². The van der Waals surface area contributed by atoms with Gasteiger partial charge in [0.2, 0.25) is 20.0 Å². The summed E-state index contributed by atoms with van der Waals surface area (Å²) in [6, 6.07) is 31.3. The Balaban J connectivity index is 0.000000184. The fraction of sp³-hybridized carbons (Fsp3) is 0.143. The number of allylic oxidation sites excluding steroid dienone is 2. The Morgan fingerprint density at radius 1 is 0.639 bits per heavy atom. The number of unbranched alkanes of at least 4 members (excludes halogenated alkanes) is 2. The molecule has 61 heavy (non-hydrogen) atoms. The van der Waals surface area contributed by atoms with E-state index in [0.717, 1.165) is 48.2 Å². The number of sulfonamides is 2. The van der Waals surface area contributed by atoms with E-state index in [1.807, 2.05) is 60.7 Å². The summed E-state index contributed by atoms with van der Waals surface area (Å²) in [4.78, 5) is 22.7. The van der Waals surface area contributed by atoms with Gasteiger partial charge >= 0.3 is 6.09 Å². The van der Waals surface area contributed by atoms with Crippen LogP contribution in [0.15, 0.2) is 159 Å². The SMILES string of the molecule is NS(=O)(=O)c1ccc(-c2oc(CCCCCn3ncnn3)nc2-c2ccccc2)cc1.NS(=O)(=O)c1ccc(-c2oc(C[N+]3(C(=O)O)C=CC=C3)nc2-c2ccccc2)cc1. The third-order valence-electron chi connectivity index (χ3n) is 9.54. The number of tetrazole rings is 1. The molecule has 8 rings (SSSR count). The van der Waals surface area contributed by atoms with Crippen LogP contribution in [0.25, 0.3) is 45.2 Å². The van der Waals surface area contributed by atoms with E-state index in [0.29, 0.717) is 35.1 Å². The van der Waals surface area contributed by atoms with Gasteiger partial charge in [-0.05, 0) is 78.7 Å². The average Bonchev–Trinajstić information content (AvgIpc) is 4.10. The second kappa shape index (κ2) is 18.2. The molecule has 1 aliphatic rings. The Morgan fingerprint density at radius 3 is 1.59 bits per heavy atom. The van der Waals surface area contributed by atoms with Crippen molar-refractivity contribution in [2.45, 2.75) is 48.6 Å². The number of carboxylic acid groups (broad SMARTS) is 1. The van der Waals surface area contributed by atoms with Gasteiger partial charge in [-0.15, -0.1) is 10.2 Å². The minimum atomic E-state index is -3.82. The van der Waals surface area contributed by atoms with Crippen molar-refractivity contribution in [1.29, 1.82) is 0 Å².